The molecule has 108 valence electrons. The molecule has 0 atom stereocenters. The molecule has 0 saturated carbocycles. The summed E-state index contributed by atoms with van der Waals surface area (Å²) < 4.78 is 26.4. The maximum atomic E-state index is 13.6. The van der Waals surface area contributed by atoms with Crippen LogP contribution in [0, 0.1) is 17.6 Å². The summed E-state index contributed by atoms with van der Waals surface area (Å²) in [6.07, 6.45) is 1.09. The average Bonchev–Trinajstić information content (AvgIpc) is 2.46. The molecule has 1 heterocycles. The number of likely N-dealkylation sites (tertiary alicyclic amines) is 1. The first-order valence-corrected chi connectivity index (χ1v) is 6.24. The lowest BCUT2D eigenvalue weighted by Crippen LogP contribution is -2.42. The van der Waals surface area contributed by atoms with Crippen LogP contribution in [0.4, 0.5) is 8.78 Å². The van der Waals surface area contributed by atoms with E-state index in [0.29, 0.717) is 32.0 Å². The molecule has 0 radical (unpaired) electrons. The van der Waals surface area contributed by atoms with Crippen molar-refractivity contribution in [1.29, 1.82) is 0 Å². The predicted molar refractivity (Wildman–Crippen MR) is 68.4 cm³/mol. The molecule has 0 aromatic heterocycles. The Bertz CT molecular complexity index is 540. The second-order valence-corrected chi connectivity index (χ2v) is 4.72. The van der Waals surface area contributed by atoms with Gasteiger partial charge in [0.15, 0.2) is 0 Å². The van der Waals surface area contributed by atoms with Crippen molar-refractivity contribution in [1.82, 2.24) is 4.90 Å². The minimum atomic E-state index is -0.867. The lowest BCUT2D eigenvalue weighted by molar-refractivity contribution is 0.0704. The summed E-state index contributed by atoms with van der Waals surface area (Å²) in [6.45, 7) is 0.771. The molecule has 2 rings (SSSR count). The molecule has 1 fully saturated rings. The normalized spacial score (nSPS) is 17.3. The number of hydrogen-bond donors (Lipinski definition) is 2. The number of rotatable bonds is 2. The molecule has 1 aromatic rings. The highest BCUT2D eigenvalue weighted by Crippen LogP contribution is 2.20. The van der Waals surface area contributed by atoms with E-state index in [1.54, 1.807) is 0 Å². The van der Waals surface area contributed by atoms with Gasteiger partial charge in [-0.1, -0.05) is 5.16 Å². The molecule has 0 aliphatic carbocycles. The number of halogens is 2. The molecule has 0 bridgehead atoms. The van der Waals surface area contributed by atoms with Crippen LogP contribution in [-0.2, 0) is 0 Å². The Labute approximate surface area is 114 Å². The number of hydrogen-bond acceptors (Lipinski definition) is 3. The number of nitrogens with zero attached hydrogens (tertiary/aromatic N) is 2. The molecule has 1 saturated heterocycles. The van der Waals surface area contributed by atoms with Crippen molar-refractivity contribution < 1.29 is 18.8 Å². The molecule has 1 aliphatic rings. The molecule has 0 spiro atoms. The Morgan fingerprint density at radius 1 is 1.35 bits per heavy atom. The van der Waals surface area contributed by atoms with Gasteiger partial charge in [0.1, 0.15) is 17.5 Å². The van der Waals surface area contributed by atoms with Crippen LogP contribution in [-0.4, -0.2) is 34.9 Å². The molecule has 1 amide bonds. The molecule has 1 aromatic carbocycles. The number of amides is 1. The van der Waals surface area contributed by atoms with Crippen LogP contribution < -0.4 is 5.73 Å². The Balaban J connectivity index is 2.05. The molecule has 3 N–H and O–H groups in total. The van der Waals surface area contributed by atoms with Crippen LogP contribution >= 0.6 is 0 Å². The second-order valence-electron chi connectivity index (χ2n) is 4.72. The van der Waals surface area contributed by atoms with Crippen molar-refractivity contribution in [2.45, 2.75) is 12.8 Å². The van der Waals surface area contributed by atoms with Gasteiger partial charge in [0, 0.05) is 25.1 Å². The summed E-state index contributed by atoms with van der Waals surface area (Å²) in [4.78, 5) is 13.6. The highest BCUT2D eigenvalue weighted by atomic mass is 19.1. The van der Waals surface area contributed by atoms with Gasteiger partial charge in [-0.2, -0.15) is 0 Å². The van der Waals surface area contributed by atoms with E-state index in [2.05, 4.69) is 5.16 Å². The van der Waals surface area contributed by atoms with Gasteiger partial charge in [0.25, 0.3) is 5.91 Å². The quantitative estimate of drug-likeness (QED) is 0.374. The van der Waals surface area contributed by atoms with Gasteiger partial charge in [0.2, 0.25) is 0 Å². The molecule has 5 nitrogen and oxygen atoms in total. The van der Waals surface area contributed by atoms with E-state index in [9.17, 15) is 13.6 Å². The first-order chi connectivity index (χ1) is 9.52. The molecule has 0 unspecified atom stereocenters. The van der Waals surface area contributed by atoms with E-state index in [1.165, 1.54) is 4.90 Å². The number of nitrogens with two attached hydrogens (primary N) is 1. The summed E-state index contributed by atoms with van der Waals surface area (Å²) in [6, 6.07) is 2.89. The summed E-state index contributed by atoms with van der Waals surface area (Å²) in [5, 5.41) is 11.6. The van der Waals surface area contributed by atoms with Crippen LogP contribution in [0.5, 0.6) is 0 Å². The van der Waals surface area contributed by atoms with E-state index in [-0.39, 0.29) is 17.3 Å². The largest absolute Gasteiger partial charge is 0.409 e. The highest BCUT2D eigenvalue weighted by Gasteiger charge is 2.27. The van der Waals surface area contributed by atoms with Gasteiger partial charge in [-0.25, -0.2) is 8.78 Å². The zero-order valence-corrected chi connectivity index (χ0v) is 10.7. The standard InChI is InChI=1S/C13H15F2N3O2/c14-9-1-2-10(11(15)7-9)13(19)18-5-3-8(4-6-18)12(16)17-20/h1-2,7-8,20H,3-6H2,(H2,16,17). The van der Waals surface area contributed by atoms with Crippen molar-refractivity contribution in [2.75, 3.05) is 13.1 Å². The number of amidine groups is 1. The third kappa shape index (κ3) is 2.87. The summed E-state index contributed by atoms with van der Waals surface area (Å²) in [7, 11) is 0. The van der Waals surface area contributed by atoms with E-state index >= 15 is 0 Å². The van der Waals surface area contributed by atoms with Gasteiger partial charge < -0.3 is 15.8 Å². The lowest BCUT2D eigenvalue weighted by atomic mass is 9.95. The number of oxime groups is 1. The van der Waals surface area contributed by atoms with Crippen LogP contribution in [0.3, 0.4) is 0 Å². The smallest absolute Gasteiger partial charge is 0.256 e. The highest BCUT2D eigenvalue weighted by molar-refractivity contribution is 5.94. The fourth-order valence-corrected chi connectivity index (χ4v) is 2.29. The summed E-state index contributed by atoms with van der Waals surface area (Å²) in [5.74, 6) is -1.99. The van der Waals surface area contributed by atoms with Gasteiger partial charge in [-0.05, 0) is 25.0 Å². The number of carbonyl (C=O) groups is 1. The maximum Gasteiger partial charge on any atom is 0.256 e. The number of carbonyl (C=O) groups excluding carboxylic acids is 1. The molecule has 7 heteroatoms. The van der Waals surface area contributed by atoms with Crippen LogP contribution in [0.2, 0.25) is 0 Å². The predicted octanol–water partition coefficient (Wildman–Crippen LogP) is 1.56. The van der Waals surface area contributed by atoms with Crippen LogP contribution in [0.15, 0.2) is 23.4 Å². The second kappa shape index (κ2) is 5.85. The number of benzene rings is 1. The van der Waals surface area contributed by atoms with Gasteiger partial charge in [-0.15, -0.1) is 0 Å². The molecule has 1 aliphatic heterocycles. The third-order valence-corrected chi connectivity index (χ3v) is 3.48. The Hall–Kier alpha value is -2.18. The van der Waals surface area contributed by atoms with Gasteiger partial charge in [-0.3, -0.25) is 4.79 Å². The van der Waals surface area contributed by atoms with Crippen LogP contribution in [0.25, 0.3) is 0 Å². The fraction of sp³-hybridized carbons (Fsp3) is 0.385. The first kappa shape index (κ1) is 14.2. The number of piperidine rings is 1. The van der Waals surface area contributed by atoms with Crippen molar-refractivity contribution >= 4 is 11.7 Å². The van der Waals surface area contributed by atoms with Crippen molar-refractivity contribution in [3.8, 4) is 0 Å². The Kier molecular flexibility index (Phi) is 4.16. The van der Waals surface area contributed by atoms with Crippen molar-refractivity contribution in [2.24, 2.45) is 16.8 Å². The van der Waals surface area contributed by atoms with E-state index in [1.807, 2.05) is 0 Å². The van der Waals surface area contributed by atoms with Crippen LogP contribution in [0.1, 0.15) is 23.2 Å². The maximum absolute atomic E-state index is 13.6. The Morgan fingerprint density at radius 3 is 2.55 bits per heavy atom. The zero-order chi connectivity index (χ0) is 14.7. The lowest BCUT2D eigenvalue weighted by Gasteiger charge is -2.31. The van der Waals surface area contributed by atoms with Crippen molar-refractivity contribution in [3.05, 3.63) is 35.4 Å². The SMILES string of the molecule is NC(=NO)C1CCN(C(=O)c2ccc(F)cc2F)CC1. The summed E-state index contributed by atoms with van der Waals surface area (Å²) >= 11 is 0. The molecular weight excluding hydrogens is 268 g/mol. The average molecular weight is 283 g/mol. The topological polar surface area (TPSA) is 78.9 Å². The van der Waals surface area contributed by atoms with E-state index < -0.39 is 17.5 Å². The molecule has 20 heavy (non-hydrogen) atoms. The molecular formula is C13H15F2N3O2. The van der Waals surface area contributed by atoms with Gasteiger partial charge >= 0.3 is 0 Å². The van der Waals surface area contributed by atoms with E-state index in [4.69, 9.17) is 10.9 Å². The minimum absolute atomic E-state index is 0.0814. The van der Waals surface area contributed by atoms with Gasteiger partial charge in [0.05, 0.1) is 5.56 Å². The fourth-order valence-electron chi connectivity index (χ4n) is 2.29. The summed E-state index contributed by atoms with van der Waals surface area (Å²) in [5.41, 5.74) is 5.37. The first-order valence-electron chi connectivity index (χ1n) is 6.24. The minimum Gasteiger partial charge on any atom is -0.409 e. The third-order valence-electron chi connectivity index (χ3n) is 3.48. The Morgan fingerprint density at radius 2 is 2.00 bits per heavy atom. The zero-order valence-electron chi connectivity index (χ0n) is 10.7. The monoisotopic (exact) mass is 283 g/mol. The van der Waals surface area contributed by atoms with Crippen molar-refractivity contribution in [3.63, 3.8) is 0 Å². The van der Waals surface area contributed by atoms with E-state index in [0.717, 1.165) is 12.1 Å².